The molecule has 0 heterocycles. The molecule has 0 saturated heterocycles. The van der Waals surface area contributed by atoms with E-state index in [-0.39, 0.29) is 0 Å². The maximum atomic E-state index is 5.06. The van der Waals surface area contributed by atoms with Crippen molar-refractivity contribution >= 4 is 11.6 Å². The molecular weight excluding hydrogens is 101 g/mol. The first-order valence-electron chi connectivity index (χ1n) is 1.48. The summed E-state index contributed by atoms with van der Waals surface area (Å²) in [6.45, 7) is 0.378. The lowest BCUT2D eigenvalue weighted by Gasteiger charge is -1.80. The van der Waals surface area contributed by atoms with E-state index in [0.717, 1.165) is 0 Å². The highest BCUT2D eigenvalue weighted by atomic mass is 35.5. The fraction of sp³-hybridized carbons (Fsp3) is 0.333. The molecule has 0 aromatic carbocycles. The zero-order chi connectivity index (χ0) is 4.83. The summed E-state index contributed by atoms with van der Waals surface area (Å²) in [5.74, 6) is 4.60. The van der Waals surface area contributed by atoms with Gasteiger partial charge < -0.3 is 4.84 Å². The zero-order valence-corrected chi connectivity index (χ0v) is 3.98. The second-order valence-electron chi connectivity index (χ2n) is 0.695. The van der Waals surface area contributed by atoms with Gasteiger partial charge in [0, 0.05) is 5.54 Å². The molecule has 0 bridgehead atoms. The Morgan fingerprint density at radius 2 is 2.50 bits per heavy atom. The molecule has 0 aromatic heterocycles. The van der Waals surface area contributed by atoms with E-state index in [4.69, 9.17) is 11.6 Å². The van der Waals surface area contributed by atoms with Crippen molar-refractivity contribution < 1.29 is 4.84 Å². The normalized spacial score (nSPS) is 10.3. The van der Waals surface area contributed by atoms with Crippen LogP contribution in [0.1, 0.15) is 0 Å². The quantitative estimate of drug-likeness (QED) is 0.526. The van der Waals surface area contributed by atoms with Crippen LogP contribution in [0, 0.1) is 0 Å². The van der Waals surface area contributed by atoms with Crippen molar-refractivity contribution in [1.29, 1.82) is 0 Å². The predicted octanol–water partition coefficient (Wildman–Crippen LogP) is 0.629. The predicted molar refractivity (Wildman–Crippen MR) is 25.1 cm³/mol. The molecule has 0 atom stereocenters. The van der Waals surface area contributed by atoms with Crippen molar-refractivity contribution in [3.63, 3.8) is 0 Å². The molecule has 0 aliphatic heterocycles. The molecule has 0 unspecified atom stereocenters. The van der Waals surface area contributed by atoms with Crippen LogP contribution in [0.2, 0.25) is 0 Å². The maximum absolute atomic E-state index is 5.06. The van der Waals surface area contributed by atoms with Gasteiger partial charge >= 0.3 is 0 Å². The first-order chi connectivity index (χ1) is 2.91. The Morgan fingerprint density at radius 3 is 2.67 bits per heavy atom. The van der Waals surface area contributed by atoms with Crippen molar-refractivity contribution in [3.05, 3.63) is 11.6 Å². The molecule has 0 amide bonds. The third-order valence-electron chi connectivity index (χ3n) is 0.282. The average Bonchev–Trinajstić information content (AvgIpc) is 1.61. The van der Waals surface area contributed by atoms with Crippen LogP contribution < -0.4 is 5.90 Å². The molecule has 0 aliphatic carbocycles. The number of hydrogen-bond donors (Lipinski definition) is 1. The highest BCUT2D eigenvalue weighted by molar-refractivity contribution is 6.25. The SMILES string of the molecule is NOC/C=C\Cl. The lowest BCUT2D eigenvalue weighted by molar-refractivity contribution is 0.168. The Labute approximate surface area is 41.5 Å². The topological polar surface area (TPSA) is 35.2 Å². The van der Waals surface area contributed by atoms with Crippen molar-refractivity contribution in [2.24, 2.45) is 5.90 Å². The van der Waals surface area contributed by atoms with Gasteiger partial charge in [-0.2, -0.15) is 0 Å². The fourth-order valence-electron chi connectivity index (χ4n) is 0.0919. The summed E-state index contributed by atoms with van der Waals surface area (Å²) in [5, 5.41) is 0. The zero-order valence-electron chi connectivity index (χ0n) is 3.23. The van der Waals surface area contributed by atoms with Gasteiger partial charge in [0.15, 0.2) is 0 Å². The summed E-state index contributed by atoms with van der Waals surface area (Å²) in [4.78, 5) is 4.11. The molecule has 0 aromatic rings. The summed E-state index contributed by atoms with van der Waals surface area (Å²) in [6, 6.07) is 0. The van der Waals surface area contributed by atoms with Crippen molar-refractivity contribution in [2.75, 3.05) is 6.61 Å². The minimum Gasteiger partial charge on any atom is -0.300 e. The molecule has 0 fully saturated rings. The van der Waals surface area contributed by atoms with Gasteiger partial charge in [-0.25, -0.2) is 5.90 Å². The Kier molecular flexibility index (Phi) is 4.91. The van der Waals surface area contributed by atoms with E-state index in [1.807, 2.05) is 0 Å². The van der Waals surface area contributed by atoms with Crippen molar-refractivity contribution in [2.45, 2.75) is 0 Å². The molecular formula is C3H6ClNO. The van der Waals surface area contributed by atoms with Gasteiger partial charge in [0.25, 0.3) is 0 Å². The van der Waals surface area contributed by atoms with Crippen LogP contribution in [0.25, 0.3) is 0 Å². The van der Waals surface area contributed by atoms with Gasteiger partial charge in [0.05, 0.1) is 6.61 Å². The monoisotopic (exact) mass is 107 g/mol. The van der Waals surface area contributed by atoms with E-state index < -0.39 is 0 Å². The van der Waals surface area contributed by atoms with Crippen LogP contribution in [-0.4, -0.2) is 6.61 Å². The molecule has 3 heteroatoms. The van der Waals surface area contributed by atoms with E-state index in [2.05, 4.69) is 10.7 Å². The Hall–Kier alpha value is -0.0500. The molecule has 36 valence electrons. The molecule has 0 saturated carbocycles. The molecule has 0 rings (SSSR count). The number of halogens is 1. The fourth-order valence-corrected chi connectivity index (χ4v) is 0.165. The van der Waals surface area contributed by atoms with Gasteiger partial charge in [0.2, 0.25) is 0 Å². The van der Waals surface area contributed by atoms with Crippen LogP contribution >= 0.6 is 11.6 Å². The minimum absolute atomic E-state index is 0.378. The van der Waals surface area contributed by atoms with E-state index in [9.17, 15) is 0 Å². The third-order valence-corrected chi connectivity index (χ3v) is 0.460. The molecule has 0 aliphatic rings. The first-order valence-corrected chi connectivity index (χ1v) is 1.92. The van der Waals surface area contributed by atoms with Crippen LogP contribution in [-0.2, 0) is 4.84 Å². The summed E-state index contributed by atoms with van der Waals surface area (Å²) in [7, 11) is 0. The average molecular weight is 108 g/mol. The number of rotatable bonds is 2. The third kappa shape index (κ3) is 3.95. The van der Waals surface area contributed by atoms with Gasteiger partial charge in [-0.1, -0.05) is 11.6 Å². The summed E-state index contributed by atoms with van der Waals surface area (Å²) in [5.41, 5.74) is 1.35. The second kappa shape index (κ2) is 4.95. The number of nitrogens with two attached hydrogens (primary N) is 1. The lowest BCUT2D eigenvalue weighted by atomic mass is 10.7. The molecule has 2 N–H and O–H groups in total. The summed E-state index contributed by atoms with van der Waals surface area (Å²) in [6.07, 6.45) is 1.60. The first kappa shape index (κ1) is 5.95. The van der Waals surface area contributed by atoms with Gasteiger partial charge in [0.1, 0.15) is 0 Å². The van der Waals surface area contributed by atoms with Crippen LogP contribution in [0.3, 0.4) is 0 Å². The molecule has 0 spiro atoms. The second-order valence-corrected chi connectivity index (χ2v) is 0.947. The Bertz CT molecular complexity index is 46.1. The van der Waals surface area contributed by atoms with Crippen LogP contribution in [0.4, 0.5) is 0 Å². The minimum atomic E-state index is 0.378. The van der Waals surface area contributed by atoms with E-state index >= 15 is 0 Å². The van der Waals surface area contributed by atoms with E-state index in [1.165, 1.54) is 5.54 Å². The molecule has 6 heavy (non-hydrogen) atoms. The smallest absolute Gasteiger partial charge is 0.0872 e. The van der Waals surface area contributed by atoms with Gasteiger partial charge in [-0.15, -0.1) is 0 Å². The summed E-state index contributed by atoms with van der Waals surface area (Å²) >= 11 is 5.06. The van der Waals surface area contributed by atoms with E-state index in [1.54, 1.807) is 6.08 Å². The molecule has 0 radical (unpaired) electrons. The Morgan fingerprint density at radius 1 is 1.83 bits per heavy atom. The van der Waals surface area contributed by atoms with Crippen LogP contribution in [0.15, 0.2) is 11.6 Å². The van der Waals surface area contributed by atoms with Crippen molar-refractivity contribution in [3.8, 4) is 0 Å². The standard InChI is InChI=1S/C3H6ClNO/c4-2-1-3-6-5/h1-2H,3,5H2/b2-1-. The van der Waals surface area contributed by atoms with E-state index in [0.29, 0.717) is 6.61 Å². The molecule has 2 nitrogen and oxygen atoms in total. The number of hydrogen-bond acceptors (Lipinski definition) is 2. The Balaban J connectivity index is 2.66. The largest absolute Gasteiger partial charge is 0.300 e. The van der Waals surface area contributed by atoms with Gasteiger partial charge in [-0.3, -0.25) is 0 Å². The highest BCUT2D eigenvalue weighted by Gasteiger charge is 1.64. The van der Waals surface area contributed by atoms with Gasteiger partial charge in [-0.05, 0) is 6.08 Å². The van der Waals surface area contributed by atoms with Crippen LogP contribution in [0.5, 0.6) is 0 Å². The maximum Gasteiger partial charge on any atom is 0.0872 e. The van der Waals surface area contributed by atoms with Crippen molar-refractivity contribution in [1.82, 2.24) is 0 Å². The lowest BCUT2D eigenvalue weighted by Crippen LogP contribution is -1.96. The highest BCUT2D eigenvalue weighted by Crippen LogP contribution is 1.74. The summed E-state index contributed by atoms with van der Waals surface area (Å²) < 4.78 is 0.